The fourth-order valence-electron chi connectivity index (χ4n) is 1.06. The highest BCUT2D eigenvalue weighted by atomic mass is 19.1. The summed E-state index contributed by atoms with van der Waals surface area (Å²) in [5, 5.41) is 2.73. The Hall–Kier alpha value is -1.12. The van der Waals surface area contributed by atoms with Crippen molar-refractivity contribution in [1.82, 2.24) is 0 Å². The Morgan fingerprint density at radius 2 is 1.85 bits per heavy atom. The van der Waals surface area contributed by atoms with Crippen molar-refractivity contribution >= 4 is 5.69 Å². The zero-order chi connectivity index (χ0) is 9.68. The lowest BCUT2D eigenvalue weighted by atomic mass is 10.2. The van der Waals surface area contributed by atoms with Gasteiger partial charge in [-0.15, -0.1) is 0 Å². The molecule has 3 heteroatoms. The number of unbranched alkanes of at least 4 members (excludes halogenated alkanes) is 1. The predicted octanol–water partition coefficient (Wildman–Crippen LogP) is 3.18. The summed E-state index contributed by atoms with van der Waals surface area (Å²) in [6.07, 6.45) is 1.91. The first-order chi connectivity index (χ1) is 6.25. The molecule has 1 aromatic carbocycles. The number of para-hydroxylation sites is 1. The summed E-state index contributed by atoms with van der Waals surface area (Å²) >= 11 is 0. The van der Waals surface area contributed by atoms with E-state index in [2.05, 4.69) is 5.32 Å². The van der Waals surface area contributed by atoms with Crippen LogP contribution in [-0.4, -0.2) is 6.54 Å². The van der Waals surface area contributed by atoms with E-state index < -0.39 is 11.6 Å². The molecule has 0 bridgehead atoms. The number of anilines is 1. The van der Waals surface area contributed by atoms with Gasteiger partial charge in [0.25, 0.3) is 0 Å². The van der Waals surface area contributed by atoms with Gasteiger partial charge in [-0.1, -0.05) is 19.4 Å². The van der Waals surface area contributed by atoms with Crippen molar-refractivity contribution in [2.24, 2.45) is 0 Å². The molecule has 0 fully saturated rings. The lowest BCUT2D eigenvalue weighted by molar-refractivity contribution is 0.587. The van der Waals surface area contributed by atoms with Gasteiger partial charge in [-0.2, -0.15) is 0 Å². The fourth-order valence-corrected chi connectivity index (χ4v) is 1.06. The molecule has 0 atom stereocenters. The first-order valence-corrected chi connectivity index (χ1v) is 4.43. The topological polar surface area (TPSA) is 12.0 Å². The summed E-state index contributed by atoms with van der Waals surface area (Å²) in [5.74, 6) is -1.06. The molecule has 1 aromatic rings. The molecule has 0 amide bonds. The maximum absolute atomic E-state index is 13.0. The summed E-state index contributed by atoms with van der Waals surface area (Å²) in [7, 11) is 0. The molecule has 0 radical (unpaired) electrons. The van der Waals surface area contributed by atoms with Crippen LogP contribution < -0.4 is 5.32 Å². The zero-order valence-corrected chi connectivity index (χ0v) is 7.61. The van der Waals surface area contributed by atoms with Gasteiger partial charge >= 0.3 is 0 Å². The summed E-state index contributed by atoms with van der Waals surface area (Å²) in [6.45, 7) is 2.63. The summed E-state index contributed by atoms with van der Waals surface area (Å²) in [4.78, 5) is 0. The average molecular weight is 185 g/mol. The van der Waals surface area contributed by atoms with Crippen LogP contribution in [0.15, 0.2) is 18.2 Å². The standard InChI is InChI=1S/C10H13F2N/c1-2-3-7-13-10-8(11)5-4-6-9(10)12/h4-6,13H,2-3,7H2,1H3. The van der Waals surface area contributed by atoms with Crippen LogP contribution in [-0.2, 0) is 0 Å². The third kappa shape index (κ3) is 2.68. The molecule has 0 aliphatic heterocycles. The molecule has 0 aromatic heterocycles. The van der Waals surface area contributed by atoms with Crippen LogP contribution in [0.3, 0.4) is 0 Å². The highest BCUT2D eigenvalue weighted by Gasteiger charge is 2.05. The minimum absolute atomic E-state index is 0.0176. The van der Waals surface area contributed by atoms with Crippen LogP contribution in [0.5, 0.6) is 0 Å². The van der Waals surface area contributed by atoms with E-state index >= 15 is 0 Å². The van der Waals surface area contributed by atoms with Crippen LogP contribution in [0.1, 0.15) is 19.8 Å². The van der Waals surface area contributed by atoms with Gasteiger partial charge < -0.3 is 5.32 Å². The predicted molar refractivity (Wildman–Crippen MR) is 49.8 cm³/mol. The molecule has 1 rings (SSSR count). The van der Waals surface area contributed by atoms with Gasteiger partial charge in [-0.25, -0.2) is 8.78 Å². The number of halogens is 2. The second-order valence-corrected chi connectivity index (χ2v) is 2.88. The van der Waals surface area contributed by atoms with Crippen molar-refractivity contribution in [2.45, 2.75) is 19.8 Å². The first kappa shape index (κ1) is 9.96. The number of rotatable bonds is 4. The molecular formula is C10H13F2N. The molecule has 0 saturated heterocycles. The molecule has 0 aliphatic carbocycles. The van der Waals surface area contributed by atoms with Crippen LogP contribution >= 0.6 is 0 Å². The van der Waals surface area contributed by atoms with Crippen LogP contribution in [0, 0.1) is 11.6 Å². The van der Waals surface area contributed by atoms with E-state index in [0.717, 1.165) is 12.8 Å². The number of hydrogen-bond donors (Lipinski definition) is 1. The maximum atomic E-state index is 13.0. The molecule has 72 valence electrons. The average Bonchev–Trinajstić information content (AvgIpc) is 2.10. The van der Waals surface area contributed by atoms with E-state index in [-0.39, 0.29) is 5.69 Å². The van der Waals surface area contributed by atoms with Gasteiger partial charge in [0.05, 0.1) is 0 Å². The van der Waals surface area contributed by atoms with Gasteiger partial charge in [-0.05, 0) is 18.6 Å². The van der Waals surface area contributed by atoms with Crippen LogP contribution in [0.4, 0.5) is 14.5 Å². The second-order valence-electron chi connectivity index (χ2n) is 2.88. The fraction of sp³-hybridized carbons (Fsp3) is 0.400. The Bertz CT molecular complexity index is 253. The quantitative estimate of drug-likeness (QED) is 0.710. The molecule has 1 nitrogen and oxygen atoms in total. The highest BCUT2D eigenvalue weighted by Crippen LogP contribution is 2.17. The minimum Gasteiger partial charge on any atom is -0.380 e. The number of benzene rings is 1. The Labute approximate surface area is 76.8 Å². The van der Waals surface area contributed by atoms with Crippen molar-refractivity contribution < 1.29 is 8.78 Å². The van der Waals surface area contributed by atoms with E-state index in [1.807, 2.05) is 6.92 Å². The number of hydrogen-bond acceptors (Lipinski definition) is 1. The summed E-state index contributed by atoms with van der Waals surface area (Å²) in [6, 6.07) is 3.85. The zero-order valence-electron chi connectivity index (χ0n) is 7.61. The Balaban J connectivity index is 2.64. The molecule has 13 heavy (non-hydrogen) atoms. The van der Waals surface area contributed by atoms with Crippen LogP contribution in [0.2, 0.25) is 0 Å². The maximum Gasteiger partial charge on any atom is 0.149 e. The van der Waals surface area contributed by atoms with E-state index in [1.165, 1.54) is 18.2 Å². The monoisotopic (exact) mass is 185 g/mol. The van der Waals surface area contributed by atoms with Crippen LogP contribution in [0.25, 0.3) is 0 Å². The molecule has 0 unspecified atom stereocenters. The molecular weight excluding hydrogens is 172 g/mol. The van der Waals surface area contributed by atoms with Crippen molar-refractivity contribution in [1.29, 1.82) is 0 Å². The highest BCUT2D eigenvalue weighted by molar-refractivity contribution is 5.45. The second kappa shape index (κ2) is 4.80. The Morgan fingerprint density at radius 1 is 1.23 bits per heavy atom. The molecule has 0 spiro atoms. The van der Waals surface area contributed by atoms with Gasteiger partial charge in [0.2, 0.25) is 0 Å². The van der Waals surface area contributed by atoms with Crippen molar-refractivity contribution in [3.8, 4) is 0 Å². The van der Waals surface area contributed by atoms with E-state index in [9.17, 15) is 8.78 Å². The first-order valence-electron chi connectivity index (χ1n) is 4.43. The van der Waals surface area contributed by atoms with E-state index in [4.69, 9.17) is 0 Å². The molecule has 0 heterocycles. The lowest BCUT2D eigenvalue weighted by Gasteiger charge is -2.07. The van der Waals surface area contributed by atoms with Gasteiger partial charge in [-0.3, -0.25) is 0 Å². The lowest BCUT2D eigenvalue weighted by Crippen LogP contribution is -2.04. The smallest absolute Gasteiger partial charge is 0.149 e. The normalized spacial score (nSPS) is 10.1. The van der Waals surface area contributed by atoms with E-state index in [1.54, 1.807) is 0 Å². The Kier molecular flexibility index (Phi) is 3.68. The Morgan fingerprint density at radius 3 is 2.38 bits per heavy atom. The molecule has 0 aliphatic rings. The van der Waals surface area contributed by atoms with Gasteiger partial charge in [0.1, 0.15) is 17.3 Å². The summed E-state index contributed by atoms with van der Waals surface area (Å²) < 4.78 is 26.0. The summed E-state index contributed by atoms with van der Waals surface area (Å²) in [5.41, 5.74) is -0.0176. The van der Waals surface area contributed by atoms with Gasteiger partial charge in [0, 0.05) is 6.54 Å². The van der Waals surface area contributed by atoms with Crippen molar-refractivity contribution in [3.05, 3.63) is 29.8 Å². The third-order valence-corrected chi connectivity index (χ3v) is 1.79. The van der Waals surface area contributed by atoms with Crippen molar-refractivity contribution in [3.63, 3.8) is 0 Å². The SMILES string of the molecule is CCCCNc1c(F)cccc1F. The van der Waals surface area contributed by atoms with E-state index in [0.29, 0.717) is 6.54 Å². The largest absolute Gasteiger partial charge is 0.380 e. The third-order valence-electron chi connectivity index (χ3n) is 1.79. The number of nitrogens with one attached hydrogen (secondary N) is 1. The van der Waals surface area contributed by atoms with Crippen molar-refractivity contribution in [2.75, 3.05) is 11.9 Å². The van der Waals surface area contributed by atoms with Gasteiger partial charge in [0.15, 0.2) is 0 Å². The molecule has 1 N–H and O–H groups in total. The molecule has 0 saturated carbocycles. The minimum atomic E-state index is -0.531.